The van der Waals surface area contributed by atoms with Gasteiger partial charge in [-0.25, -0.2) is 0 Å². The SMILES string of the molecule is COc1ccc2c(Cl)c[c-]nc2c1.[V]. The van der Waals surface area contributed by atoms with E-state index in [-0.39, 0.29) is 18.6 Å². The van der Waals surface area contributed by atoms with E-state index in [2.05, 4.69) is 11.2 Å². The molecule has 4 heteroatoms. The molecule has 2 nitrogen and oxygen atoms in total. The van der Waals surface area contributed by atoms with Crippen molar-refractivity contribution < 1.29 is 23.3 Å². The second-order valence-corrected chi connectivity index (χ2v) is 3.02. The minimum Gasteiger partial charge on any atom is -0.498 e. The molecule has 1 heterocycles. The Hall–Kier alpha value is -0.696. The van der Waals surface area contributed by atoms with E-state index in [0.29, 0.717) is 5.02 Å². The predicted molar refractivity (Wildman–Crippen MR) is 52.1 cm³/mol. The Morgan fingerprint density at radius 1 is 1.43 bits per heavy atom. The first-order valence-electron chi connectivity index (χ1n) is 3.81. The van der Waals surface area contributed by atoms with Gasteiger partial charge in [-0.2, -0.15) is 11.6 Å². The van der Waals surface area contributed by atoms with Crippen LogP contribution in [-0.4, -0.2) is 12.1 Å². The van der Waals surface area contributed by atoms with Gasteiger partial charge in [0.05, 0.1) is 7.11 Å². The fraction of sp³-hybridized carbons (Fsp3) is 0.100. The molecule has 1 radical (unpaired) electrons. The number of aromatic nitrogens is 1. The van der Waals surface area contributed by atoms with E-state index < -0.39 is 0 Å². The van der Waals surface area contributed by atoms with Gasteiger partial charge in [-0.15, -0.1) is 6.07 Å². The number of hydrogen-bond acceptors (Lipinski definition) is 2. The minimum atomic E-state index is 0. The molecule has 0 spiro atoms. The summed E-state index contributed by atoms with van der Waals surface area (Å²) < 4.78 is 5.07. The summed E-state index contributed by atoms with van der Waals surface area (Å²) in [6, 6.07) is 7.22. The number of benzene rings is 1. The van der Waals surface area contributed by atoms with Gasteiger partial charge in [0, 0.05) is 18.6 Å². The van der Waals surface area contributed by atoms with Crippen molar-refractivity contribution in [2.45, 2.75) is 0 Å². The monoisotopic (exact) mass is 243 g/mol. The van der Waals surface area contributed by atoms with E-state index in [0.717, 1.165) is 16.7 Å². The van der Waals surface area contributed by atoms with Crippen molar-refractivity contribution in [1.29, 1.82) is 0 Å². The summed E-state index contributed by atoms with van der Waals surface area (Å²) in [6.45, 7) is 0. The van der Waals surface area contributed by atoms with Gasteiger partial charge in [0.1, 0.15) is 5.75 Å². The van der Waals surface area contributed by atoms with Gasteiger partial charge >= 0.3 is 0 Å². The topological polar surface area (TPSA) is 22.1 Å². The first kappa shape index (κ1) is 11.4. The quantitative estimate of drug-likeness (QED) is 0.719. The Kier molecular flexibility index (Phi) is 3.81. The van der Waals surface area contributed by atoms with Crippen LogP contribution in [0.1, 0.15) is 0 Å². The van der Waals surface area contributed by atoms with Crippen LogP contribution in [0.15, 0.2) is 24.3 Å². The Morgan fingerprint density at radius 3 is 2.93 bits per heavy atom. The third-order valence-corrected chi connectivity index (χ3v) is 2.15. The second kappa shape index (κ2) is 4.69. The molecule has 0 amide bonds. The fourth-order valence-corrected chi connectivity index (χ4v) is 1.38. The van der Waals surface area contributed by atoms with Gasteiger partial charge in [0.2, 0.25) is 0 Å². The van der Waals surface area contributed by atoms with E-state index in [9.17, 15) is 0 Å². The molecule has 1 aromatic heterocycles. The maximum absolute atomic E-state index is 5.94. The molecule has 0 aliphatic rings. The predicted octanol–water partition coefficient (Wildman–Crippen LogP) is 2.69. The zero-order valence-corrected chi connectivity index (χ0v) is 9.64. The van der Waals surface area contributed by atoms with Crippen LogP contribution in [0, 0.1) is 6.20 Å². The number of rotatable bonds is 1. The number of halogens is 1. The van der Waals surface area contributed by atoms with Crippen LogP contribution in [0.25, 0.3) is 10.9 Å². The van der Waals surface area contributed by atoms with E-state index in [1.807, 2.05) is 18.2 Å². The van der Waals surface area contributed by atoms with Crippen LogP contribution in [0.5, 0.6) is 5.75 Å². The van der Waals surface area contributed by atoms with Crippen molar-refractivity contribution in [1.82, 2.24) is 4.98 Å². The molecule has 71 valence electrons. The van der Waals surface area contributed by atoms with Crippen LogP contribution in [0.4, 0.5) is 0 Å². The van der Waals surface area contributed by atoms with Crippen molar-refractivity contribution in [3.05, 3.63) is 35.5 Å². The van der Waals surface area contributed by atoms with Crippen molar-refractivity contribution in [2.75, 3.05) is 7.11 Å². The first-order valence-corrected chi connectivity index (χ1v) is 4.19. The smallest absolute Gasteiger partial charge is 0.108 e. The van der Waals surface area contributed by atoms with Gasteiger partial charge in [-0.05, 0) is 11.6 Å². The Morgan fingerprint density at radius 2 is 2.21 bits per heavy atom. The number of pyridine rings is 1. The summed E-state index contributed by atoms with van der Waals surface area (Å²) in [6.07, 6.45) is 2.72. The zero-order chi connectivity index (χ0) is 9.26. The normalized spacial score (nSPS) is 9.57. The van der Waals surface area contributed by atoms with Crippen molar-refractivity contribution in [2.24, 2.45) is 0 Å². The second-order valence-electron chi connectivity index (χ2n) is 2.62. The molecule has 0 saturated heterocycles. The molecule has 0 unspecified atom stereocenters. The van der Waals surface area contributed by atoms with E-state index in [4.69, 9.17) is 16.3 Å². The van der Waals surface area contributed by atoms with Crippen LogP contribution >= 0.6 is 11.6 Å². The molecular weight excluding hydrogens is 237 g/mol. The molecule has 1 aromatic carbocycles. The van der Waals surface area contributed by atoms with Crippen molar-refractivity contribution in [3.8, 4) is 5.75 Å². The molecule has 0 saturated carbocycles. The Balaban J connectivity index is 0.000000980. The van der Waals surface area contributed by atoms with Crippen LogP contribution in [0.2, 0.25) is 5.02 Å². The van der Waals surface area contributed by atoms with Gasteiger partial charge in [0.15, 0.2) is 0 Å². The van der Waals surface area contributed by atoms with E-state index in [1.165, 1.54) is 0 Å². The summed E-state index contributed by atoms with van der Waals surface area (Å²) in [5, 5.41) is 1.58. The number of methoxy groups -OCH3 is 1. The molecule has 0 atom stereocenters. The molecule has 0 aliphatic carbocycles. The Labute approximate surface area is 99.1 Å². The largest absolute Gasteiger partial charge is 0.498 e. The molecule has 2 aromatic rings. The average Bonchev–Trinajstić information content (AvgIpc) is 2.18. The zero-order valence-electron chi connectivity index (χ0n) is 7.49. The summed E-state index contributed by atoms with van der Waals surface area (Å²) >= 11 is 5.94. The number of hydrogen-bond donors (Lipinski definition) is 0. The summed E-state index contributed by atoms with van der Waals surface area (Å²) in [5.74, 6) is 0.774. The molecule has 14 heavy (non-hydrogen) atoms. The van der Waals surface area contributed by atoms with Gasteiger partial charge in [-0.1, -0.05) is 28.7 Å². The summed E-state index contributed by atoms with van der Waals surface area (Å²) in [4.78, 5) is 4.06. The molecule has 2 rings (SSSR count). The van der Waals surface area contributed by atoms with Crippen LogP contribution in [0.3, 0.4) is 0 Å². The van der Waals surface area contributed by atoms with Crippen LogP contribution < -0.4 is 4.74 Å². The molecular formula is C10H7ClNOV-. The summed E-state index contributed by atoms with van der Waals surface area (Å²) in [5.41, 5.74) is 0.798. The van der Waals surface area contributed by atoms with Gasteiger partial charge < -0.3 is 9.72 Å². The fourth-order valence-electron chi connectivity index (χ4n) is 1.17. The molecule has 0 N–H and O–H groups in total. The number of ether oxygens (including phenoxy) is 1. The maximum Gasteiger partial charge on any atom is 0.108 e. The molecule has 0 bridgehead atoms. The standard InChI is InChI=1S/C10H7ClNO.V/c1-13-7-2-3-8-9(11)4-5-12-10(8)6-7;/h2-4,6H,1H3;/q-1;. The first-order chi connectivity index (χ1) is 6.31. The third kappa shape index (κ3) is 2.03. The third-order valence-electron chi connectivity index (χ3n) is 1.84. The van der Waals surface area contributed by atoms with Crippen molar-refractivity contribution in [3.63, 3.8) is 0 Å². The summed E-state index contributed by atoms with van der Waals surface area (Å²) in [7, 11) is 1.62. The number of nitrogens with zero attached hydrogens (tertiary/aromatic N) is 1. The van der Waals surface area contributed by atoms with Crippen molar-refractivity contribution >= 4 is 22.5 Å². The molecule has 0 fully saturated rings. The number of fused-ring (bicyclic) bond motifs is 1. The van der Waals surface area contributed by atoms with E-state index in [1.54, 1.807) is 13.2 Å². The average molecular weight is 244 g/mol. The molecule has 0 aliphatic heterocycles. The van der Waals surface area contributed by atoms with Gasteiger partial charge in [-0.3, -0.25) is 0 Å². The maximum atomic E-state index is 5.94. The minimum absolute atomic E-state index is 0. The van der Waals surface area contributed by atoms with E-state index >= 15 is 0 Å². The van der Waals surface area contributed by atoms with Crippen LogP contribution in [-0.2, 0) is 18.6 Å². The Bertz CT molecular complexity index is 447. The van der Waals surface area contributed by atoms with Gasteiger partial charge in [0.25, 0.3) is 0 Å².